The van der Waals surface area contributed by atoms with Crippen LogP contribution in [-0.4, -0.2) is 4.57 Å². The van der Waals surface area contributed by atoms with Crippen molar-refractivity contribution in [3.8, 4) is 0 Å². The summed E-state index contributed by atoms with van der Waals surface area (Å²) in [4.78, 5) is 0. The van der Waals surface area contributed by atoms with E-state index in [0.29, 0.717) is 6.04 Å². The molecule has 2 nitrogen and oxygen atoms in total. The lowest BCUT2D eigenvalue weighted by molar-refractivity contribution is -0.678. The van der Waals surface area contributed by atoms with Gasteiger partial charge in [0, 0.05) is 6.42 Å². The molecular weight excluding hydrogens is 136 g/mol. The Morgan fingerprint density at radius 2 is 2.18 bits per heavy atom. The monoisotopic (exact) mass is 153 g/mol. The van der Waals surface area contributed by atoms with E-state index < -0.39 is 0 Å². The molecule has 1 heterocycles. The Balaban J connectivity index is 3.05. The zero-order valence-electron chi connectivity index (χ0n) is 7.83. The van der Waals surface area contributed by atoms with Crippen LogP contribution in [0.15, 0.2) is 12.4 Å². The van der Waals surface area contributed by atoms with Crippen molar-refractivity contribution in [2.45, 2.75) is 33.2 Å². The van der Waals surface area contributed by atoms with E-state index in [1.165, 1.54) is 5.82 Å². The van der Waals surface area contributed by atoms with E-state index in [1.807, 2.05) is 0 Å². The second-order valence-electron chi connectivity index (χ2n) is 3.18. The van der Waals surface area contributed by atoms with Crippen LogP contribution in [0.25, 0.3) is 0 Å². The summed E-state index contributed by atoms with van der Waals surface area (Å²) in [7, 11) is 2.09. The maximum atomic E-state index is 2.31. The van der Waals surface area contributed by atoms with Crippen LogP contribution in [-0.2, 0) is 13.5 Å². The number of aromatic nitrogens is 2. The average molecular weight is 153 g/mol. The molecule has 1 rings (SSSR count). The number of hydrogen-bond donors (Lipinski definition) is 0. The number of hydrogen-bond acceptors (Lipinski definition) is 0. The van der Waals surface area contributed by atoms with E-state index >= 15 is 0 Å². The Morgan fingerprint density at radius 3 is 2.55 bits per heavy atom. The van der Waals surface area contributed by atoms with Crippen LogP contribution in [0.2, 0.25) is 0 Å². The second kappa shape index (κ2) is 3.07. The fourth-order valence-corrected chi connectivity index (χ4v) is 1.43. The molecule has 1 aromatic heterocycles. The first-order valence-electron chi connectivity index (χ1n) is 4.22. The number of imidazole rings is 1. The minimum Gasteiger partial charge on any atom is -0.237 e. The maximum absolute atomic E-state index is 2.31. The highest BCUT2D eigenvalue weighted by molar-refractivity contribution is 4.85. The van der Waals surface area contributed by atoms with Crippen molar-refractivity contribution in [1.82, 2.24) is 4.57 Å². The summed E-state index contributed by atoms with van der Waals surface area (Å²) in [5.41, 5.74) is 0. The normalized spacial score (nSPS) is 11.0. The topological polar surface area (TPSA) is 8.81 Å². The van der Waals surface area contributed by atoms with Gasteiger partial charge in [-0.15, -0.1) is 0 Å². The summed E-state index contributed by atoms with van der Waals surface area (Å²) < 4.78 is 4.49. The van der Waals surface area contributed by atoms with E-state index in [2.05, 4.69) is 49.3 Å². The number of aryl methyl sites for hydroxylation is 1. The molecule has 11 heavy (non-hydrogen) atoms. The first kappa shape index (κ1) is 8.31. The quantitative estimate of drug-likeness (QED) is 0.569. The summed E-state index contributed by atoms with van der Waals surface area (Å²) in [6, 6.07) is 0.575. The molecule has 2 heteroatoms. The lowest BCUT2D eigenvalue weighted by Gasteiger charge is -2.02. The standard InChI is InChI=1S/C9H17N2/c1-5-9-10(4)6-7-11(9)8(2)3/h6-8H,5H2,1-4H3/q+1. The molecule has 0 radical (unpaired) electrons. The third-order valence-corrected chi connectivity index (χ3v) is 2.03. The maximum Gasteiger partial charge on any atom is 0.256 e. The first-order chi connectivity index (χ1) is 5.16. The zero-order chi connectivity index (χ0) is 8.43. The SMILES string of the molecule is CCc1n(C(C)C)cc[n+]1C. The molecule has 0 saturated heterocycles. The lowest BCUT2D eigenvalue weighted by atomic mass is 10.3. The predicted octanol–water partition coefficient (Wildman–Crippen LogP) is 1.46. The van der Waals surface area contributed by atoms with Crippen molar-refractivity contribution in [2.75, 3.05) is 0 Å². The minimum absolute atomic E-state index is 0.575. The van der Waals surface area contributed by atoms with Gasteiger partial charge in [-0.1, -0.05) is 6.92 Å². The number of rotatable bonds is 2. The van der Waals surface area contributed by atoms with Crippen molar-refractivity contribution >= 4 is 0 Å². The molecule has 0 unspecified atom stereocenters. The summed E-state index contributed by atoms with van der Waals surface area (Å²) in [6.45, 7) is 6.60. The van der Waals surface area contributed by atoms with Gasteiger partial charge in [0.1, 0.15) is 12.4 Å². The van der Waals surface area contributed by atoms with Crippen LogP contribution in [0.1, 0.15) is 32.6 Å². The zero-order valence-corrected chi connectivity index (χ0v) is 7.83. The van der Waals surface area contributed by atoms with Gasteiger partial charge in [-0.2, -0.15) is 0 Å². The molecule has 0 amide bonds. The highest BCUT2D eigenvalue weighted by Gasteiger charge is 2.13. The Hall–Kier alpha value is -0.790. The van der Waals surface area contributed by atoms with Crippen molar-refractivity contribution in [1.29, 1.82) is 0 Å². The van der Waals surface area contributed by atoms with Crippen LogP contribution in [0.3, 0.4) is 0 Å². The van der Waals surface area contributed by atoms with Crippen molar-refractivity contribution in [3.05, 3.63) is 18.2 Å². The van der Waals surface area contributed by atoms with Gasteiger partial charge >= 0.3 is 0 Å². The molecule has 0 aromatic carbocycles. The fourth-order valence-electron chi connectivity index (χ4n) is 1.43. The molecule has 62 valence electrons. The molecule has 0 aliphatic rings. The second-order valence-corrected chi connectivity index (χ2v) is 3.18. The van der Waals surface area contributed by atoms with Gasteiger partial charge in [0.05, 0.1) is 13.1 Å². The Bertz CT molecular complexity index is 236. The molecule has 1 aromatic rings. The smallest absolute Gasteiger partial charge is 0.237 e. The van der Waals surface area contributed by atoms with Gasteiger partial charge in [0.25, 0.3) is 5.82 Å². The molecular formula is C9H17N2+. The highest BCUT2D eigenvalue weighted by Crippen LogP contribution is 2.06. The molecule has 0 N–H and O–H groups in total. The fraction of sp³-hybridized carbons (Fsp3) is 0.667. The summed E-state index contributed by atoms with van der Waals surface area (Å²) >= 11 is 0. The molecule has 0 aliphatic heterocycles. The predicted molar refractivity (Wildman–Crippen MR) is 45.4 cm³/mol. The van der Waals surface area contributed by atoms with Gasteiger partial charge < -0.3 is 0 Å². The minimum atomic E-state index is 0.575. The van der Waals surface area contributed by atoms with Crippen LogP contribution in [0, 0.1) is 0 Å². The van der Waals surface area contributed by atoms with Gasteiger partial charge in [-0.3, -0.25) is 0 Å². The molecule has 0 fully saturated rings. The molecule has 0 bridgehead atoms. The Kier molecular flexibility index (Phi) is 2.32. The molecule has 0 atom stereocenters. The lowest BCUT2D eigenvalue weighted by Crippen LogP contribution is -2.31. The van der Waals surface area contributed by atoms with E-state index in [0.717, 1.165) is 6.42 Å². The molecule has 0 aliphatic carbocycles. The average Bonchev–Trinajstić information content (AvgIpc) is 2.30. The Labute approximate surface area is 68.5 Å². The van der Waals surface area contributed by atoms with E-state index in [1.54, 1.807) is 0 Å². The highest BCUT2D eigenvalue weighted by atomic mass is 15.1. The van der Waals surface area contributed by atoms with Crippen molar-refractivity contribution < 1.29 is 4.57 Å². The number of nitrogens with zero attached hydrogens (tertiary/aromatic N) is 2. The van der Waals surface area contributed by atoms with Crippen LogP contribution >= 0.6 is 0 Å². The van der Waals surface area contributed by atoms with Crippen LogP contribution in [0.4, 0.5) is 0 Å². The van der Waals surface area contributed by atoms with Gasteiger partial charge in [0.15, 0.2) is 0 Å². The van der Waals surface area contributed by atoms with Crippen molar-refractivity contribution in [3.63, 3.8) is 0 Å². The summed E-state index contributed by atoms with van der Waals surface area (Å²) in [6.07, 6.45) is 5.35. The molecule has 0 spiro atoms. The van der Waals surface area contributed by atoms with Crippen LogP contribution in [0.5, 0.6) is 0 Å². The van der Waals surface area contributed by atoms with E-state index in [9.17, 15) is 0 Å². The van der Waals surface area contributed by atoms with Crippen LogP contribution < -0.4 is 4.57 Å². The third kappa shape index (κ3) is 1.44. The summed E-state index contributed by atoms with van der Waals surface area (Å²) in [5, 5.41) is 0. The van der Waals surface area contributed by atoms with E-state index in [-0.39, 0.29) is 0 Å². The Morgan fingerprint density at radius 1 is 1.55 bits per heavy atom. The van der Waals surface area contributed by atoms with Gasteiger partial charge in [0.2, 0.25) is 0 Å². The van der Waals surface area contributed by atoms with Gasteiger partial charge in [-0.25, -0.2) is 9.13 Å². The third-order valence-electron chi connectivity index (χ3n) is 2.03. The van der Waals surface area contributed by atoms with Crippen molar-refractivity contribution in [2.24, 2.45) is 7.05 Å². The largest absolute Gasteiger partial charge is 0.256 e. The van der Waals surface area contributed by atoms with E-state index in [4.69, 9.17) is 0 Å². The molecule has 0 saturated carbocycles. The van der Waals surface area contributed by atoms with Gasteiger partial charge in [-0.05, 0) is 13.8 Å². The first-order valence-corrected chi connectivity index (χ1v) is 4.22. The summed E-state index contributed by atoms with van der Waals surface area (Å²) in [5.74, 6) is 1.39.